The zero-order valence-corrected chi connectivity index (χ0v) is 14.0. The van der Waals surface area contributed by atoms with Gasteiger partial charge >= 0.3 is 5.97 Å². The number of nitrogens with zero attached hydrogens (tertiary/aromatic N) is 3. The highest BCUT2D eigenvalue weighted by Crippen LogP contribution is 2.31. The van der Waals surface area contributed by atoms with Gasteiger partial charge in [-0.15, -0.1) is 0 Å². The van der Waals surface area contributed by atoms with Crippen molar-refractivity contribution in [3.63, 3.8) is 0 Å². The molecule has 4 atom stereocenters. The van der Waals surface area contributed by atoms with Crippen LogP contribution in [0.15, 0.2) is 17.4 Å². The highest BCUT2D eigenvalue weighted by molar-refractivity contribution is 5.75. The Morgan fingerprint density at radius 1 is 1.36 bits per heavy atom. The van der Waals surface area contributed by atoms with Crippen LogP contribution in [0.5, 0.6) is 0 Å². The summed E-state index contributed by atoms with van der Waals surface area (Å²) in [6, 6.07) is 0. The molecule has 1 aliphatic heterocycles. The molecule has 0 aromatic carbocycles. The van der Waals surface area contributed by atoms with E-state index in [1.54, 1.807) is 20.8 Å². The second-order valence-corrected chi connectivity index (χ2v) is 6.95. The summed E-state index contributed by atoms with van der Waals surface area (Å²) in [5.41, 5.74) is -0.803. The first-order valence-corrected chi connectivity index (χ1v) is 7.79. The number of aliphatic hydroxyl groups is 2. The van der Waals surface area contributed by atoms with Crippen LogP contribution in [0.4, 0.5) is 0 Å². The number of carbonyl (C=O) groups is 1. The lowest BCUT2D eigenvalue weighted by atomic mass is 9.97. The van der Waals surface area contributed by atoms with E-state index in [-0.39, 0.29) is 17.8 Å². The number of hydrogen-bond acceptors (Lipinski definition) is 8. The monoisotopic (exact) mass is 352 g/mol. The molecular weight excluding hydrogens is 332 g/mol. The lowest BCUT2D eigenvalue weighted by Gasteiger charge is -2.20. The first-order chi connectivity index (χ1) is 11.7. The average Bonchev–Trinajstić information content (AvgIpc) is 3.08. The molecule has 136 valence electrons. The van der Waals surface area contributed by atoms with Crippen LogP contribution in [-0.4, -0.2) is 60.6 Å². The van der Waals surface area contributed by atoms with E-state index in [1.807, 2.05) is 0 Å². The summed E-state index contributed by atoms with van der Waals surface area (Å²) in [5, 5.41) is 20.5. The molecule has 10 nitrogen and oxygen atoms in total. The SMILES string of the molecule is CC(C)(C)C(=O)OC[C@@H]1O[C@@H](n2cnc3c(=O)[nH]cnc32)[C@@H](O)[C@@H]1O. The highest BCUT2D eigenvalue weighted by atomic mass is 16.6. The number of imidazole rings is 1. The number of aromatic nitrogens is 4. The van der Waals surface area contributed by atoms with E-state index >= 15 is 0 Å². The number of fused-ring (bicyclic) bond motifs is 1. The molecule has 1 aliphatic rings. The lowest BCUT2D eigenvalue weighted by Crippen LogP contribution is -2.35. The van der Waals surface area contributed by atoms with Gasteiger partial charge in [0.15, 0.2) is 17.4 Å². The van der Waals surface area contributed by atoms with Gasteiger partial charge in [-0.3, -0.25) is 14.2 Å². The van der Waals surface area contributed by atoms with E-state index in [1.165, 1.54) is 17.2 Å². The molecule has 2 aromatic heterocycles. The van der Waals surface area contributed by atoms with E-state index < -0.39 is 41.5 Å². The quantitative estimate of drug-likeness (QED) is 0.618. The van der Waals surface area contributed by atoms with E-state index in [0.717, 1.165) is 0 Å². The summed E-state index contributed by atoms with van der Waals surface area (Å²) >= 11 is 0. The van der Waals surface area contributed by atoms with Crippen molar-refractivity contribution < 1.29 is 24.5 Å². The Balaban J connectivity index is 1.79. The van der Waals surface area contributed by atoms with Crippen LogP contribution >= 0.6 is 0 Å². The number of carbonyl (C=O) groups excluding carboxylic acids is 1. The molecule has 0 radical (unpaired) electrons. The van der Waals surface area contributed by atoms with Gasteiger partial charge in [-0.05, 0) is 20.8 Å². The maximum absolute atomic E-state index is 11.8. The molecule has 0 spiro atoms. The van der Waals surface area contributed by atoms with E-state index in [0.29, 0.717) is 0 Å². The van der Waals surface area contributed by atoms with Crippen molar-refractivity contribution in [1.29, 1.82) is 0 Å². The van der Waals surface area contributed by atoms with Crippen LogP contribution in [0.2, 0.25) is 0 Å². The summed E-state index contributed by atoms with van der Waals surface area (Å²) in [6.07, 6.45) is -1.97. The first-order valence-electron chi connectivity index (χ1n) is 7.79. The molecule has 1 fully saturated rings. The molecule has 0 saturated carbocycles. The largest absolute Gasteiger partial charge is 0.462 e. The second kappa shape index (κ2) is 6.21. The van der Waals surface area contributed by atoms with Crippen LogP contribution < -0.4 is 5.56 Å². The van der Waals surface area contributed by atoms with Crippen molar-refractivity contribution >= 4 is 17.1 Å². The number of aromatic amines is 1. The Morgan fingerprint density at radius 2 is 2.08 bits per heavy atom. The third-order valence-electron chi connectivity index (χ3n) is 3.97. The van der Waals surface area contributed by atoms with Crippen molar-refractivity contribution in [2.45, 2.75) is 45.3 Å². The Hall–Kier alpha value is -2.30. The van der Waals surface area contributed by atoms with Crippen molar-refractivity contribution in [3.8, 4) is 0 Å². The molecule has 0 aliphatic carbocycles. The zero-order valence-electron chi connectivity index (χ0n) is 14.0. The predicted octanol–water partition coefficient (Wildman–Crippen LogP) is -0.672. The van der Waals surface area contributed by atoms with Crippen LogP contribution in [0.25, 0.3) is 11.2 Å². The van der Waals surface area contributed by atoms with Gasteiger partial charge in [0, 0.05) is 0 Å². The van der Waals surface area contributed by atoms with Crippen molar-refractivity contribution in [2.24, 2.45) is 5.41 Å². The summed E-state index contributed by atoms with van der Waals surface area (Å²) in [7, 11) is 0. The van der Waals surface area contributed by atoms with Crippen LogP contribution in [-0.2, 0) is 14.3 Å². The summed E-state index contributed by atoms with van der Waals surface area (Å²) in [4.78, 5) is 33.9. The molecule has 0 amide bonds. The fraction of sp³-hybridized carbons (Fsp3) is 0.600. The zero-order chi connectivity index (χ0) is 18.4. The van der Waals surface area contributed by atoms with E-state index in [4.69, 9.17) is 9.47 Å². The Kier molecular flexibility index (Phi) is 4.35. The van der Waals surface area contributed by atoms with Gasteiger partial charge in [-0.25, -0.2) is 9.97 Å². The number of rotatable bonds is 3. The fourth-order valence-electron chi connectivity index (χ4n) is 2.52. The molecule has 0 bridgehead atoms. The number of hydrogen-bond donors (Lipinski definition) is 3. The average molecular weight is 352 g/mol. The smallest absolute Gasteiger partial charge is 0.311 e. The summed E-state index contributed by atoms with van der Waals surface area (Å²) in [6.45, 7) is 4.92. The molecule has 2 aromatic rings. The number of nitrogens with one attached hydrogen (secondary N) is 1. The summed E-state index contributed by atoms with van der Waals surface area (Å²) < 4.78 is 12.2. The molecule has 10 heteroatoms. The molecule has 3 heterocycles. The molecular formula is C15H20N4O6. The van der Waals surface area contributed by atoms with E-state index in [2.05, 4.69) is 15.0 Å². The van der Waals surface area contributed by atoms with E-state index in [9.17, 15) is 19.8 Å². The minimum absolute atomic E-state index is 0.0930. The third-order valence-corrected chi connectivity index (χ3v) is 3.97. The van der Waals surface area contributed by atoms with Gasteiger partial charge in [0.05, 0.1) is 18.1 Å². The lowest BCUT2D eigenvalue weighted by molar-refractivity contribution is -0.159. The molecule has 3 N–H and O–H groups in total. The normalized spacial score (nSPS) is 26.9. The minimum atomic E-state index is -1.29. The Labute approximate surface area is 142 Å². The van der Waals surface area contributed by atoms with Gasteiger partial charge in [0.25, 0.3) is 5.56 Å². The standard InChI is InChI=1S/C15H20N4O6/c1-15(2,3)14(23)24-4-7-9(20)10(21)13(25-7)19-6-18-8-11(19)16-5-17-12(8)22/h5-7,9-10,13,20-21H,4H2,1-3H3,(H,16,17,22)/t7-,9+,10-,13+/m0/s1. The van der Waals surface area contributed by atoms with Gasteiger partial charge in [-0.2, -0.15) is 0 Å². The maximum Gasteiger partial charge on any atom is 0.311 e. The van der Waals surface area contributed by atoms with Crippen molar-refractivity contribution in [1.82, 2.24) is 19.5 Å². The topological polar surface area (TPSA) is 140 Å². The summed E-state index contributed by atoms with van der Waals surface area (Å²) in [5.74, 6) is -0.442. The van der Waals surface area contributed by atoms with Gasteiger partial charge in [0.2, 0.25) is 0 Å². The number of ether oxygens (including phenoxy) is 2. The Bertz CT molecular complexity index is 838. The molecule has 3 rings (SSSR count). The van der Waals surface area contributed by atoms with Gasteiger partial charge in [-0.1, -0.05) is 0 Å². The minimum Gasteiger partial charge on any atom is -0.462 e. The van der Waals surface area contributed by atoms with Crippen LogP contribution in [0, 0.1) is 5.41 Å². The first kappa shape index (κ1) is 17.5. The van der Waals surface area contributed by atoms with Gasteiger partial charge < -0.3 is 24.7 Å². The molecule has 25 heavy (non-hydrogen) atoms. The number of aliphatic hydroxyl groups excluding tert-OH is 2. The third kappa shape index (κ3) is 3.15. The number of H-pyrrole nitrogens is 1. The fourth-order valence-corrected chi connectivity index (χ4v) is 2.52. The van der Waals surface area contributed by atoms with Crippen molar-refractivity contribution in [2.75, 3.05) is 6.61 Å². The molecule has 1 saturated heterocycles. The highest BCUT2D eigenvalue weighted by Gasteiger charge is 2.45. The predicted molar refractivity (Wildman–Crippen MR) is 84.5 cm³/mol. The van der Waals surface area contributed by atoms with Crippen molar-refractivity contribution in [3.05, 3.63) is 23.0 Å². The maximum atomic E-state index is 11.8. The Morgan fingerprint density at radius 3 is 2.76 bits per heavy atom. The van der Waals surface area contributed by atoms with Gasteiger partial charge in [0.1, 0.15) is 24.9 Å². The van der Waals surface area contributed by atoms with Crippen LogP contribution in [0.3, 0.4) is 0 Å². The second-order valence-electron chi connectivity index (χ2n) is 6.95. The van der Waals surface area contributed by atoms with Crippen LogP contribution in [0.1, 0.15) is 27.0 Å². The number of esters is 1. The molecule has 0 unspecified atom stereocenters.